The highest BCUT2D eigenvalue weighted by atomic mass is 16.2. The fraction of sp³-hybridized carbons (Fsp3) is 0. The van der Waals surface area contributed by atoms with Crippen molar-refractivity contribution in [2.75, 3.05) is 5.43 Å². The number of hydrogen-bond donors (Lipinski definition) is 3. The highest BCUT2D eigenvalue weighted by Crippen LogP contribution is 2.17. The monoisotopic (exact) mass is 204 g/mol. The predicted molar refractivity (Wildman–Crippen MR) is 61.4 cm³/mol. The standard InChI is InChI=1S/C9H8N2.CH4N2O/c1-2-6-9-8(4-1)5-3-7-10-11-9;2-1(3)4/h1-7,11H;(H4,2,3,4). The smallest absolute Gasteiger partial charge is 0.309 e. The molecule has 0 bridgehead atoms. The Kier molecular flexibility index (Phi) is 3.91. The summed E-state index contributed by atoms with van der Waals surface area (Å²) in [5.41, 5.74) is 13.7. The number of amides is 2. The molecule has 0 aliphatic carbocycles. The number of nitrogens with one attached hydrogen (secondary N) is 1. The maximum atomic E-state index is 9.00. The third-order valence-corrected chi connectivity index (χ3v) is 1.58. The summed E-state index contributed by atoms with van der Waals surface area (Å²) in [7, 11) is 0. The molecule has 1 aliphatic heterocycles. The first-order chi connectivity index (χ1) is 7.20. The van der Waals surface area contributed by atoms with Crippen molar-refractivity contribution in [2.24, 2.45) is 16.6 Å². The van der Waals surface area contributed by atoms with Crippen LogP contribution in [-0.4, -0.2) is 12.2 Å². The fourth-order valence-corrected chi connectivity index (χ4v) is 1.04. The lowest BCUT2D eigenvalue weighted by atomic mass is 10.2. The molecule has 0 saturated heterocycles. The number of carbonyl (C=O) groups is 1. The van der Waals surface area contributed by atoms with Gasteiger partial charge < -0.3 is 11.5 Å². The van der Waals surface area contributed by atoms with Gasteiger partial charge in [-0.2, -0.15) is 5.10 Å². The van der Waals surface area contributed by atoms with Crippen molar-refractivity contribution in [1.29, 1.82) is 0 Å². The Morgan fingerprint density at radius 3 is 2.67 bits per heavy atom. The average molecular weight is 204 g/mol. The van der Waals surface area contributed by atoms with Crippen LogP contribution in [-0.2, 0) is 0 Å². The number of para-hydroxylation sites is 1. The first-order valence-electron chi connectivity index (χ1n) is 4.30. The van der Waals surface area contributed by atoms with Crippen LogP contribution in [0, 0.1) is 0 Å². The minimum atomic E-state index is -0.833. The number of nitrogens with zero attached hydrogens (tertiary/aromatic N) is 1. The van der Waals surface area contributed by atoms with Gasteiger partial charge in [0.2, 0.25) is 0 Å². The van der Waals surface area contributed by atoms with E-state index in [9.17, 15) is 0 Å². The van der Waals surface area contributed by atoms with E-state index >= 15 is 0 Å². The van der Waals surface area contributed by atoms with Gasteiger partial charge in [0, 0.05) is 6.21 Å². The van der Waals surface area contributed by atoms with Crippen LogP contribution in [0.15, 0.2) is 35.4 Å². The minimum absolute atomic E-state index is 0.833. The zero-order chi connectivity index (χ0) is 11.1. The van der Waals surface area contributed by atoms with Crippen LogP contribution in [0.3, 0.4) is 0 Å². The molecule has 1 aliphatic rings. The molecular weight excluding hydrogens is 192 g/mol. The molecule has 0 aromatic heterocycles. The molecule has 5 nitrogen and oxygen atoms in total. The Labute approximate surface area is 87.5 Å². The maximum absolute atomic E-state index is 9.00. The van der Waals surface area contributed by atoms with Crippen LogP contribution < -0.4 is 16.9 Å². The lowest BCUT2D eigenvalue weighted by molar-refractivity contribution is 0.256. The molecular formula is C10H12N4O. The molecule has 0 fully saturated rings. The molecule has 2 rings (SSSR count). The van der Waals surface area contributed by atoms with Gasteiger partial charge >= 0.3 is 6.03 Å². The van der Waals surface area contributed by atoms with Crippen LogP contribution >= 0.6 is 0 Å². The molecule has 2 amide bonds. The van der Waals surface area contributed by atoms with E-state index in [0.29, 0.717) is 0 Å². The summed E-state index contributed by atoms with van der Waals surface area (Å²) in [4.78, 5) is 9.00. The number of allylic oxidation sites excluding steroid dienone is 1. The van der Waals surface area contributed by atoms with Crippen molar-refractivity contribution in [1.82, 2.24) is 0 Å². The van der Waals surface area contributed by atoms with E-state index < -0.39 is 6.03 Å². The molecule has 15 heavy (non-hydrogen) atoms. The van der Waals surface area contributed by atoms with Crippen molar-refractivity contribution >= 4 is 24.0 Å². The number of fused-ring (bicyclic) bond motifs is 1. The highest BCUT2D eigenvalue weighted by Gasteiger charge is 1.96. The normalized spacial score (nSPS) is 11.5. The van der Waals surface area contributed by atoms with E-state index in [4.69, 9.17) is 4.79 Å². The van der Waals surface area contributed by atoms with Crippen molar-refractivity contribution in [2.45, 2.75) is 0 Å². The number of primary amides is 2. The summed E-state index contributed by atoms with van der Waals surface area (Å²) in [5.74, 6) is 0. The molecule has 1 aromatic rings. The molecule has 0 unspecified atom stereocenters. The molecule has 5 N–H and O–H groups in total. The number of carbonyl (C=O) groups excluding carboxylic acids is 1. The fourth-order valence-electron chi connectivity index (χ4n) is 1.04. The van der Waals surface area contributed by atoms with Crippen molar-refractivity contribution < 1.29 is 4.79 Å². The summed E-state index contributed by atoms with van der Waals surface area (Å²) in [6, 6.07) is 7.21. The van der Waals surface area contributed by atoms with Gasteiger partial charge in [-0.1, -0.05) is 24.3 Å². The molecule has 0 saturated carbocycles. The van der Waals surface area contributed by atoms with Gasteiger partial charge in [-0.3, -0.25) is 5.43 Å². The van der Waals surface area contributed by atoms with Crippen LogP contribution in [0.2, 0.25) is 0 Å². The third-order valence-electron chi connectivity index (χ3n) is 1.58. The van der Waals surface area contributed by atoms with Gasteiger partial charge in [-0.05, 0) is 17.7 Å². The molecule has 78 valence electrons. The second-order valence-corrected chi connectivity index (χ2v) is 2.74. The van der Waals surface area contributed by atoms with Crippen LogP contribution in [0.1, 0.15) is 5.56 Å². The van der Waals surface area contributed by atoms with Crippen LogP contribution in [0.25, 0.3) is 6.08 Å². The van der Waals surface area contributed by atoms with Gasteiger partial charge in [0.1, 0.15) is 0 Å². The number of hydrogen-bond acceptors (Lipinski definition) is 3. The number of nitrogens with two attached hydrogens (primary N) is 2. The van der Waals surface area contributed by atoms with Gasteiger partial charge in [-0.25, -0.2) is 4.79 Å². The lowest BCUT2D eigenvalue weighted by Crippen LogP contribution is -2.18. The number of hydrazone groups is 1. The van der Waals surface area contributed by atoms with Crippen molar-refractivity contribution in [3.63, 3.8) is 0 Å². The summed E-state index contributed by atoms with van der Waals surface area (Å²) in [5, 5.41) is 3.95. The van der Waals surface area contributed by atoms with Gasteiger partial charge in [0.15, 0.2) is 0 Å². The van der Waals surface area contributed by atoms with E-state index in [1.165, 1.54) is 5.56 Å². The van der Waals surface area contributed by atoms with E-state index in [1.54, 1.807) is 6.21 Å². The largest absolute Gasteiger partial charge is 0.352 e. The SMILES string of the molecule is C1=Cc2ccccc2NN=C1.NC(N)=O. The molecule has 0 spiro atoms. The first-order valence-corrected chi connectivity index (χ1v) is 4.30. The topological polar surface area (TPSA) is 93.5 Å². The number of rotatable bonds is 0. The Balaban J connectivity index is 0.000000245. The first kappa shape index (κ1) is 10.8. The summed E-state index contributed by atoms with van der Waals surface area (Å²) >= 11 is 0. The Morgan fingerprint density at radius 2 is 1.93 bits per heavy atom. The predicted octanol–water partition coefficient (Wildman–Crippen LogP) is 1.13. The van der Waals surface area contributed by atoms with Crippen LogP contribution in [0.4, 0.5) is 10.5 Å². The molecule has 0 atom stereocenters. The molecule has 1 heterocycles. The quantitative estimate of drug-likeness (QED) is 0.591. The van der Waals surface area contributed by atoms with Gasteiger partial charge in [0.25, 0.3) is 0 Å². The van der Waals surface area contributed by atoms with E-state index in [0.717, 1.165) is 5.69 Å². The third kappa shape index (κ3) is 3.95. The highest BCUT2D eigenvalue weighted by molar-refractivity contribution is 5.83. The van der Waals surface area contributed by atoms with Crippen molar-refractivity contribution in [3.05, 3.63) is 35.9 Å². The van der Waals surface area contributed by atoms with E-state index in [1.807, 2.05) is 36.4 Å². The maximum Gasteiger partial charge on any atom is 0.309 e. The summed E-state index contributed by atoms with van der Waals surface area (Å²) in [6.07, 6.45) is 5.68. The van der Waals surface area contributed by atoms with E-state index in [-0.39, 0.29) is 0 Å². The molecule has 0 radical (unpaired) electrons. The summed E-state index contributed by atoms with van der Waals surface area (Å²) < 4.78 is 0. The Morgan fingerprint density at radius 1 is 1.27 bits per heavy atom. The number of benzene rings is 1. The Bertz CT molecular complexity index is 394. The average Bonchev–Trinajstić information content (AvgIpc) is 2.41. The van der Waals surface area contributed by atoms with Gasteiger partial charge in [-0.15, -0.1) is 0 Å². The molecule has 5 heteroatoms. The zero-order valence-electron chi connectivity index (χ0n) is 8.05. The number of anilines is 1. The van der Waals surface area contributed by atoms with Gasteiger partial charge in [0.05, 0.1) is 5.69 Å². The molecule has 1 aromatic carbocycles. The zero-order valence-corrected chi connectivity index (χ0v) is 8.05. The van der Waals surface area contributed by atoms with Crippen LogP contribution in [0.5, 0.6) is 0 Å². The van der Waals surface area contributed by atoms with E-state index in [2.05, 4.69) is 22.0 Å². The second-order valence-electron chi connectivity index (χ2n) is 2.74. The minimum Gasteiger partial charge on any atom is -0.352 e. The number of urea groups is 1. The van der Waals surface area contributed by atoms with Crippen molar-refractivity contribution in [3.8, 4) is 0 Å². The summed E-state index contributed by atoms with van der Waals surface area (Å²) in [6.45, 7) is 0. The second kappa shape index (κ2) is 5.43. The Hall–Kier alpha value is -2.30. The lowest BCUT2D eigenvalue weighted by Gasteiger charge is -2.00.